The van der Waals surface area contributed by atoms with E-state index < -0.39 is 0 Å². The Labute approximate surface area is 152 Å². The Morgan fingerprint density at radius 2 is 2.08 bits per heavy atom. The van der Waals surface area contributed by atoms with E-state index in [9.17, 15) is 4.79 Å². The fourth-order valence-electron chi connectivity index (χ4n) is 3.66. The Bertz CT molecular complexity index is 806. The maximum Gasteiger partial charge on any atom is 0.315 e. The molecular formula is C20H21ClN2O2. The lowest BCUT2D eigenvalue weighted by Crippen LogP contribution is -2.38. The molecule has 0 spiro atoms. The molecule has 0 radical (unpaired) electrons. The van der Waals surface area contributed by atoms with Crippen LogP contribution < -0.4 is 15.4 Å². The molecule has 1 aliphatic heterocycles. The second kappa shape index (κ2) is 6.96. The molecule has 0 saturated carbocycles. The van der Waals surface area contributed by atoms with Crippen LogP contribution in [0.2, 0.25) is 5.02 Å². The Balaban J connectivity index is 1.28. The van der Waals surface area contributed by atoms with Gasteiger partial charge in [-0.15, -0.1) is 0 Å². The van der Waals surface area contributed by atoms with Gasteiger partial charge >= 0.3 is 6.03 Å². The molecule has 5 heteroatoms. The highest BCUT2D eigenvalue weighted by Crippen LogP contribution is 2.32. The first-order valence-corrected chi connectivity index (χ1v) is 9.14. The van der Waals surface area contributed by atoms with E-state index in [1.165, 1.54) is 22.3 Å². The summed E-state index contributed by atoms with van der Waals surface area (Å²) in [6.45, 7) is 1.39. The molecule has 2 aromatic carbocycles. The van der Waals surface area contributed by atoms with Crippen LogP contribution in [0.25, 0.3) is 0 Å². The van der Waals surface area contributed by atoms with Gasteiger partial charge in [0.2, 0.25) is 0 Å². The molecule has 0 saturated heterocycles. The number of rotatable bonds is 4. The minimum atomic E-state index is -0.114. The van der Waals surface area contributed by atoms with Gasteiger partial charge in [0.1, 0.15) is 5.75 Å². The second-order valence-electron chi connectivity index (χ2n) is 6.63. The van der Waals surface area contributed by atoms with Crippen molar-refractivity contribution >= 4 is 17.6 Å². The maximum absolute atomic E-state index is 12.2. The van der Waals surface area contributed by atoms with Crippen LogP contribution in [0.4, 0.5) is 4.79 Å². The molecule has 0 bridgehead atoms. The Hall–Kier alpha value is -2.20. The molecule has 130 valence electrons. The van der Waals surface area contributed by atoms with Gasteiger partial charge in [0.05, 0.1) is 12.6 Å². The Morgan fingerprint density at radius 3 is 3.00 bits per heavy atom. The lowest BCUT2D eigenvalue weighted by atomic mass is 10.1. The van der Waals surface area contributed by atoms with E-state index in [2.05, 4.69) is 22.8 Å². The summed E-state index contributed by atoms with van der Waals surface area (Å²) in [5.74, 6) is 0.995. The van der Waals surface area contributed by atoms with Crippen LogP contribution in [0.3, 0.4) is 0 Å². The third kappa shape index (κ3) is 3.59. The summed E-state index contributed by atoms with van der Waals surface area (Å²) in [6.07, 6.45) is 3.67. The van der Waals surface area contributed by atoms with Gasteiger partial charge < -0.3 is 15.4 Å². The first-order valence-electron chi connectivity index (χ1n) is 8.76. The third-order valence-electron chi connectivity index (χ3n) is 4.94. The fourth-order valence-corrected chi connectivity index (χ4v) is 3.86. The molecule has 2 aliphatic rings. The topological polar surface area (TPSA) is 50.4 Å². The van der Waals surface area contributed by atoms with Crippen molar-refractivity contribution < 1.29 is 9.53 Å². The monoisotopic (exact) mass is 356 g/mol. The van der Waals surface area contributed by atoms with Crippen LogP contribution >= 0.6 is 11.6 Å². The zero-order valence-electron chi connectivity index (χ0n) is 14.0. The maximum atomic E-state index is 12.2. The Kier molecular flexibility index (Phi) is 4.53. The minimum Gasteiger partial charge on any atom is -0.493 e. The van der Waals surface area contributed by atoms with Gasteiger partial charge in [-0.1, -0.05) is 29.8 Å². The molecule has 1 aliphatic carbocycles. The van der Waals surface area contributed by atoms with Crippen molar-refractivity contribution in [2.45, 2.75) is 31.7 Å². The highest BCUT2D eigenvalue weighted by Gasteiger charge is 2.23. The highest BCUT2D eigenvalue weighted by molar-refractivity contribution is 6.30. The summed E-state index contributed by atoms with van der Waals surface area (Å²) in [7, 11) is 0. The molecule has 1 heterocycles. The predicted molar refractivity (Wildman–Crippen MR) is 98.4 cm³/mol. The van der Waals surface area contributed by atoms with Crippen molar-refractivity contribution in [1.29, 1.82) is 0 Å². The lowest BCUT2D eigenvalue weighted by molar-refractivity contribution is 0.237. The number of hydrogen-bond donors (Lipinski definition) is 2. The largest absolute Gasteiger partial charge is 0.493 e. The van der Waals surface area contributed by atoms with Crippen LogP contribution in [-0.2, 0) is 19.3 Å². The molecule has 0 fully saturated rings. The van der Waals surface area contributed by atoms with Gasteiger partial charge in [0.15, 0.2) is 0 Å². The summed E-state index contributed by atoms with van der Waals surface area (Å²) >= 11 is 6.03. The number of benzene rings is 2. The van der Waals surface area contributed by atoms with Gasteiger partial charge in [-0.2, -0.15) is 0 Å². The fraction of sp³-hybridized carbons (Fsp3) is 0.350. The van der Waals surface area contributed by atoms with E-state index in [1.807, 2.05) is 24.3 Å². The average molecular weight is 357 g/mol. The SMILES string of the molecule is O=C(NCCc1ccc2c(c1)CCO2)NC1CCc2cc(Cl)ccc21. The summed E-state index contributed by atoms with van der Waals surface area (Å²) in [5.41, 5.74) is 4.91. The summed E-state index contributed by atoms with van der Waals surface area (Å²) in [5, 5.41) is 6.78. The summed E-state index contributed by atoms with van der Waals surface area (Å²) in [4.78, 5) is 12.2. The van der Waals surface area contributed by atoms with Gasteiger partial charge in [-0.25, -0.2) is 4.79 Å². The molecule has 2 aromatic rings. The second-order valence-corrected chi connectivity index (χ2v) is 7.06. The summed E-state index contributed by atoms with van der Waals surface area (Å²) < 4.78 is 5.52. The number of urea groups is 1. The van der Waals surface area contributed by atoms with Gasteiger partial charge in [0, 0.05) is 18.0 Å². The van der Waals surface area contributed by atoms with E-state index in [4.69, 9.17) is 16.3 Å². The molecule has 1 atom stereocenters. The first-order chi connectivity index (χ1) is 12.2. The van der Waals surface area contributed by atoms with Crippen molar-refractivity contribution in [3.05, 3.63) is 63.7 Å². The van der Waals surface area contributed by atoms with E-state index in [0.717, 1.165) is 43.1 Å². The minimum absolute atomic E-state index is 0.0735. The molecule has 2 N–H and O–H groups in total. The predicted octanol–water partition coefficient (Wildman–Crippen LogP) is 3.80. The number of hydrogen-bond acceptors (Lipinski definition) is 2. The zero-order chi connectivity index (χ0) is 17.2. The third-order valence-corrected chi connectivity index (χ3v) is 5.18. The number of ether oxygens (including phenoxy) is 1. The van der Waals surface area contributed by atoms with Crippen LogP contribution in [0.15, 0.2) is 36.4 Å². The van der Waals surface area contributed by atoms with Crippen LogP contribution in [-0.4, -0.2) is 19.2 Å². The van der Waals surface area contributed by atoms with E-state index in [-0.39, 0.29) is 12.1 Å². The van der Waals surface area contributed by atoms with Gasteiger partial charge in [-0.3, -0.25) is 0 Å². The number of carbonyl (C=O) groups excluding carboxylic acids is 1. The molecule has 0 aromatic heterocycles. The first kappa shape index (κ1) is 16.3. The van der Waals surface area contributed by atoms with Gasteiger partial charge in [-0.05, 0) is 59.7 Å². The van der Waals surface area contributed by atoms with Crippen molar-refractivity contribution in [3.63, 3.8) is 0 Å². The standard InChI is InChI=1S/C20H21ClN2O2/c21-16-3-4-17-14(12-16)2-5-18(17)23-20(24)22-9-7-13-1-6-19-15(11-13)8-10-25-19/h1,3-4,6,11-12,18H,2,5,7-10H2,(H2,22,23,24). The number of carbonyl (C=O) groups is 1. The molecule has 2 amide bonds. The normalized spacial score (nSPS) is 17.6. The van der Waals surface area contributed by atoms with Crippen molar-refractivity contribution in [1.82, 2.24) is 10.6 Å². The van der Waals surface area contributed by atoms with E-state index in [0.29, 0.717) is 6.54 Å². The van der Waals surface area contributed by atoms with Crippen molar-refractivity contribution in [2.75, 3.05) is 13.2 Å². The molecule has 4 nitrogen and oxygen atoms in total. The van der Waals surface area contributed by atoms with Crippen molar-refractivity contribution in [3.8, 4) is 5.75 Å². The van der Waals surface area contributed by atoms with E-state index in [1.54, 1.807) is 0 Å². The number of nitrogens with one attached hydrogen (secondary N) is 2. The highest BCUT2D eigenvalue weighted by atomic mass is 35.5. The van der Waals surface area contributed by atoms with Crippen LogP contribution in [0.1, 0.15) is 34.7 Å². The van der Waals surface area contributed by atoms with Crippen LogP contribution in [0.5, 0.6) is 5.75 Å². The number of fused-ring (bicyclic) bond motifs is 2. The quantitative estimate of drug-likeness (QED) is 0.875. The molecular weight excluding hydrogens is 336 g/mol. The molecule has 1 unspecified atom stereocenters. The Morgan fingerprint density at radius 1 is 1.16 bits per heavy atom. The number of halogens is 1. The lowest BCUT2D eigenvalue weighted by Gasteiger charge is -2.15. The zero-order valence-corrected chi connectivity index (χ0v) is 14.7. The molecule has 4 rings (SSSR count). The smallest absolute Gasteiger partial charge is 0.315 e. The molecule has 25 heavy (non-hydrogen) atoms. The summed E-state index contributed by atoms with van der Waals surface area (Å²) in [6, 6.07) is 12.1. The van der Waals surface area contributed by atoms with Gasteiger partial charge in [0.25, 0.3) is 0 Å². The number of amides is 2. The number of aryl methyl sites for hydroxylation is 1. The average Bonchev–Trinajstić information content (AvgIpc) is 3.21. The van der Waals surface area contributed by atoms with E-state index >= 15 is 0 Å². The van der Waals surface area contributed by atoms with Crippen molar-refractivity contribution in [2.24, 2.45) is 0 Å². The van der Waals surface area contributed by atoms with Crippen LogP contribution in [0, 0.1) is 0 Å².